The number of ether oxygens (including phenoxy) is 1. The maximum Gasteiger partial charge on any atom is 0.289 e. The molecule has 0 fully saturated rings. The van der Waals surface area contributed by atoms with Crippen LogP contribution in [0.5, 0.6) is 5.75 Å². The zero-order valence-corrected chi connectivity index (χ0v) is 19.0. The lowest BCUT2D eigenvalue weighted by Crippen LogP contribution is -2.30. The average Bonchev–Trinajstić information content (AvgIpc) is 3.24. The van der Waals surface area contributed by atoms with Gasteiger partial charge in [0.25, 0.3) is 5.91 Å². The molecular weight excluding hydrogens is 407 g/mol. The molecule has 3 rings (SSSR count). The highest BCUT2D eigenvalue weighted by Gasteiger charge is 2.18. The van der Waals surface area contributed by atoms with E-state index < -0.39 is 0 Å². The lowest BCUT2D eigenvalue weighted by molar-refractivity contribution is 0.0736. The van der Waals surface area contributed by atoms with Crippen LogP contribution in [0.25, 0.3) is 0 Å². The van der Waals surface area contributed by atoms with Crippen molar-refractivity contribution in [2.45, 2.75) is 40.4 Å². The Morgan fingerprint density at radius 2 is 1.62 bits per heavy atom. The fourth-order valence-corrected chi connectivity index (χ4v) is 3.64. The molecule has 1 heterocycles. The number of halogens is 1. The van der Waals surface area contributed by atoms with Crippen LogP contribution in [0.15, 0.2) is 65.1 Å². The molecule has 0 saturated heterocycles. The van der Waals surface area contributed by atoms with Crippen molar-refractivity contribution in [3.63, 3.8) is 0 Å². The van der Waals surface area contributed by atoms with Crippen molar-refractivity contribution in [3.8, 4) is 5.75 Å². The number of nitrogens with zero attached hydrogens (tertiary/aromatic N) is 2. The van der Waals surface area contributed by atoms with E-state index in [-0.39, 0.29) is 11.7 Å². The van der Waals surface area contributed by atoms with E-state index in [1.807, 2.05) is 57.2 Å². The Labute approximate surface area is 189 Å². The number of benzene rings is 2. The van der Waals surface area contributed by atoms with E-state index in [1.165, 1.54) is 6.07 Å². The fourth-order valence-electron chi connectivity index (χ4n) is 3.64. The van der Waals surface area contributed by atoms with E-state index >= 15 is 0 Å². The van der Waals surface area contributed by atoms with Gasteiger partial charge in [-0.05, 0) is 68.3 Å². The highest BCUT2D eigenvalue weighted by molar-refractivity contribution is 5.91. The molecule has 0 aliphatic carbocycles. The Kier molecular flexibility index (Phi) is 8.45. The van der Waals surface area contributed by atoms with E-state index in [9.17, 15) is 9.18 Å². The molecule has 6 heteroatoms. The molecular formula is C26H31FN2O3. The molecule has 0 bridgehead atoms. The van der Waals surface area contributed by atoms with Gasteiger partial charge in [-0.25, -0.2) is 4.39 Å². The van der Waals surface area contributed by atoms with Crippen LogP contribution in [-0.2, 0) is 19.6 Å². The molecule has 0 N–H and O–H groups in total. The summed E-state index contributed by atoms with van der Waals surface area (Å²) in [5.41, 5.74) is 1.98. The SMILES string of the molecule is CCOc1ccc(CN(Cc2cccc(F)c2)Cc2ccc(C(=O)N(CC)CC)o2)cc1. The molecule has 1 aromatic heterocycles. The van der Waals surface area contributed by atoms with Gasteiger partial charge in [0.2, 0.25) is 0 Å². The lowest BCUT2D eigenvalue weighted by Gasteiger charge is -2.22. The molecule has 0 aliphatic heterocycles. The quantitative estimate of drug-likeness (QED) is 0.396. The molecule has 0 atom stereocenters. The van der Waals surface area contributed by atoms with E-state index in [2.05, 4.69) is 4.90 Å². The topological polar surface area (TPSA) is 45.9 Å². The van der Waals surface area contributed by atoms with Gasteiger partial charge >= 0.3 is 0 Å². The largest absolute Gasteiger partial charge is 0.494 e. The number of rotatable bonds is 11. The first-order valence-corrected chi connectivity index (χ1v) is 11.1. The van der Waals surface area contributed by atoms with Crippen molar-refractivity contribution in [1.82, 2.24) is 9.80 Å². The Balaban J connectivity index is 1.77. The zero-order valence-electron chi connectivity index (χ0n) is 19.0. The van der Waals surface area contributed by atoms with Crippen molar-refractivity contribution in [2.75, 3.05) is 19.7 Å². The van der Waals surface area contributed by atoms with Crippen LogP contribution in [0.2, 0.25) is 0 Å². The van der Waals surface area contributed by atoms with Crippen LogP contribution in [0.4, 0.5) is 4.39 Å². The van der Waals surface area contributed by atoms with Gasteiger partial charge in [0.15, 0.2) is 5.76 Å². The molecule has 0 spiro atoms. The summed E-state index contributed by atoms with van der Waals surface area (Å²) in [4.78, 5) is 16.5. The Hall–Kier alpha value is -3.12. The second-order valence-electron chi connectivity index (χ2n) is 7.60. The van der Waals surface area contributed by atoms with Crippen molar-refractivity contribution in [1.29, 1.82) is 0 Å². The molecule has 0 radical (unpaired) electrons. The predicted octanol–water partition coefficient (Wildman–Crippen LogP) is 5.50. The standard InChI is InChI=1S/C26H31FN2O3/c1-4-29(5-2)26(30)25-15-14-24(32-25)19-28(18-21-8-7-9-22(27)16-21)17-20-10-12-23(13-11-20)31-6-3/h7-16H,4-6,17-19H2,1-3H3. The molecule has 0 aliphatic rings. The Morgan fingerprint density at radius 3 is 2.28 bits per heavy atom. The predicted molar refractivity (Wildman–Crippen MR) is 123 cm³/mol. The fraction of sp³-hybridized carbons (Fsp3) is 0.346. The van der Waals surface area contributed by atoms with Crippen LogP contribution in [0.3, 0.4) is 0 Å². The summed E-state index contributed by atoms with van der Waals surface area (Å²) in [5, 5.41) is 0. The minimum atomic E-state index is -0.256. The van der Waals surface area contributed by atoms with Gasteiger partial charge < -0.3 is 14.1 Å². The van der Waals surface area contributed by atoms with Gasteiger partial charge in [-0.2, -0.15) is 0 Å². The molecule has 32 heavy (non-hydrogen) atoms. The molecule has 0 saturated carbocycles. The minimum absolute atomic E-state index is 0.107. The minimum Gasteiger partial charge on any atom is -0.494 e. The Morgan fingerprint density at radius 1 is 0.906 bits per heavy atom. The summed E-state index contributed by atoms with van der Waals surface area (Å²) >= 11 is 0. The van der Waals surface area contributed by atoms with Gasteiger partial charge in [0, 0.05) is 26.2 Å². The maximum atomic E-state index is 13.7. The second kappa shape index (κ2) is 11.5. The van der Waals surface area contributed by atoms with Crippen molar-refractivity contribution >= 4 is 5.91 Å². The van der Waals surface area contributed by atoms with Crippen LogP contribution in [0, 0.1) is 5.82 Å². The summed E-state index contributed by atoms with van der Waals surface area (Å²) in [6.45, 7) is 9.42. The van der Waals surface area contributed by atoms with Crippen LogP contribution in [0.1, 0.15) is 48.2 Å². The summed E-state index contributed by atoms with van der Waals surface area (Å²) in [7, 11) is 0. The first-order chi connectivity index (χ1) is 15.5. The van der Waals surface area contributed by atoms with E-state index in [0.29, 0.717) is 50.9 Å². The van der Waals surface area contributed by atoms with Crippen LogP contribution < -0.4 is 4.74 Å². The third-order valence-electron chi connectivity index (χ3n) is 5.24. The number of hydrogen-bond donors (Lipinski definition) is 0. The van der Waals surface area contributed by atoms with E-state index in [1.54, 1.807) is 23.1 Å². The van der Waals surface area contributed by atoms with E-state index in [0.717, 1.165) is 16.9 Å². The summed E-state index contributed by atoms with van der Waals surface area (Å²) < 4.78 is 25.1. The molecule has 170 valence electrons. The number of carbonyl (C=O) groups excluding carboxylic acids is 1. The number of carbonyl (C=O) groups is 1. The molecule has 5 nitrogen and oxygen atoms in total. The molecule has 2 aromatic carbocycles. The van der Waals surface area contributed by atoms with Crippen LogP contribution in [-0.4, -0.2) is 35.4 Å². The summed E-state index contributed by atoms with van der Waals surface area (Å²) in [5.74, 6) is 1.51. The monoisotopic (exact) mass is 438 g/mol. The van der Waals surface area contributed by atoms with Crippen molar-refractivity contribution < 1.29 is 18.3 Å². The number of hydrogen-bond acceptors (Lipinski definition) is 4. The first-order valence-electron chi connectivity index (χ1n) is 11.1. The van der Waals surface area contributed by atoms with Gasteiger partial charge in [0.1, 0.15) is 17.3 Å². The molecule has 3 aromatic rings. The van der Waals surface area contributed by atoms with E-state index in [4.69, 9.17) is 9.15 Å². The Bertz CT molecular complexity index is 996. The second-order valence-corrected chi connectivity index (χ2v) is 7.60. The highest BCUT2D eigenvalue weighted by atomic mass is 19.1. The third-order valence-corrected chi connectivity index (χ3v) is 5.24. The smallest absolute Gasteiger partial charge is 0.289 e. The highest BCUT2D eigenvalue weighted by Crippen LogP contribution is 2.19. The van der Waals surface area contributed by atoms with Gasteiger partial charge in [-0.3, -0.25) is 9.69 Å². The number of amides is 1. The van der Waals surface area contributed by atoms with Crippen molar-refractivity contribution in [3.05, 3.63) is 89.1 Å². The van der Waals surface area contributed by atoms with Gasteiger partial charge in [0.05, 0.1) is 13.2 Å². The maximum absolute atomic E-state index is 13.7. The molecule has 0 unspecified atom stereocenters. The van der Waals surface area contributed by atoms with Gasteiger partial charge in [-0.15, -0.1) is 0 Å². The number of furan rings is 1. The summed E-state index contributed by atoms with van der Waals surface area (Å²) in [6, 6.07) is 18.1. The zero-order chi connectivity index (χ0) is 22.9. The van der Waals surface area contributed by atoms with Gasteiger partial charge in [-0.1, -0.05) is 24.3 Å². The van der Waals surface area contributed by atoms with Crippen LogP contribution >= 0.6 is 0 Å². The average molecular weight is 439 g/mol. The normalized spacial score (nSPS) is 11.0. The van der Waals surface area contributed by atoms with Crippen molar-refractivity contribution in [2.24, 2.45) is 0 Å². The first kappa shape index (κ1) is 23.5. The summed E-state index contributed by atoms with van der Waals surface area (Å²) in [6.07, 6.45) is 0. The lowest BCUT2D eigenvalue weighted by atomic mass is 10.1. The third kappa shape index (κ3) is 6.44. The molecule has 1 amide bonds.